The van der Waals surface area contributed by atoms with Gasteiger partial charge in [-0.25, -0.2) is 4.98 Å². The molecule has 1 aliphatic heterocycles. The molecule has 4 heteroatoms. The van der Waals surface area contributed by atoms with Gasteiger partial charge < -0.3 is 10.6 Å². The maximum absolute atomic E-state index is 5.80. The van der Waals surface area contributed by atoms with E-state index in [1.807, 2.05) is 6.20 Å². The van der Waals surface area contributed by atoms with Gasteiger partial charge in [0.15, 0.2) is 0 Å². The summed E-state index contributed by atoms with van der Waals surface area (Å²) in [6.45, 7) is 8.48. The molecule has 0 bridgehead atoms. The Bertz CT molecular complexity index is 401. The first-order valence-electron chi connectivity index (χ1n) is 7.70. The van der Waals surface area contributed by atoms with Crippen molar-refractivity contribution in [1.29, 1.82) is 0 Å². The third-order valence-corrected chi connectivity index (χ3v) is 4.29. The third kappa shape index (κ3) is 3.93. The summed E-state index contributed by atoms with van der Waals surface area (Å²) < 4.78 is 0. The molecule has 1 atom stereocenters. The number of nitrogens with two attached hydrogens (primary N) is 1. The Morgan fingerprint density at radius 2 is 2.25 bits per heavy atom. The second-order valence-corrected chi connectivity index (χ2v) is 6.21. The molecular weight excluding hydrogens is 248 g/mol. The first-order chi connectivity index (χ1) is 9.60. The summed E-state index contributed by atoms with van der Waals surface area (Å²) in [6, 6.07) is 4.80. The molecule has 2 heterocycles. The molecule has 1 saturated heterocycles. The quantitative estimate of drug-likeness (QED) is 0.894. The number of aromatic nitrogens is 1. The lowest BCUT2D eigenvalue weighted by molar-refractivity contribution is 0.171. The van der Waals surface area contributed by atoms with Crippen molar-refractivity contribution in [3.63, 3.8) is 0 Å². The van der Waals surface area contributed by atoms with E-state index in [4.69, 9.17) is 5.73 Å². The van der Waals surface area contributed by atoms with Gasteiger partial charge in [-0.1, -0.05) is 6.07 Å². The van der Waals surface area contributed by atoms with Crippen LogP contribution < -0.4 is 10.6 Å². The topological polar surface area (TPSA) is 45.4 Å². The number of nitrogens with zero attached hydrogens (tertiary/aromatic N) is 3. The molecule has 2 rings (SSSR count). The van der Waals surface area contributed by atoms with E-state index in [0.29, 0.717) is 12.0 Å². The number of rotatable bonds is 5. The fraction of sp³-hybridized carbons (Fsp3) is 0.688. The van der Waals surface area contributed by atoms with Crippen LogP contribution in [0.15, 0.2) is 18.3 Å². The highest BCUT2D eigenvalue weighted by atomic mass is 15.2. The average molecular weight is 276 g/mol. The van der Waals surface area contributed by atoms with Gasteiger partial charge in [0.05, 0.1) is 0 Å². The molecule has 0 spiro atoms. The van der Waals surface area contributed by atoms with Crippen LogP contribution >= 0.6 is 0 Å². The Balaban J connectivity index is 1.93. The summed E-state index contributed by atoms with van der Waals surface area (Å²) in [5.41, 5.74) is 7.09. The van der Waals surface area contributed by atoms with Crippen molar-refractivity contribution in [3.05, 3.63) is 23.9 Å². The molecular formula is C16H28N4. The van der Waals surface area contributed by atoms with E-state index in [2.05, 4.69) is 47.8 Å². The zero-order chi connectivity index (χ0) is 14.5. The molecule has 0 radical (unpaired) electrons. The molecule has 0 saturated carbocycles. The lowest BCUT2D eigenvalue weighted by Crippen LogP contribution is -2.37. The predicted molar refractivity (Wildman–Crippen MR) is 84.8 cm³/mol. The Hall–Kier alpha value is -1.13. The summed E-state index contributed by atoms with van der Waals surface area (Å²) in [6.07, 6.45) is 4.56. The van der Waals surface area contributed by atoms with Crippen molar-refractivity contribution in [2.24, 2.45) is 11.7 Å². The molecule has 1 fully saturated rings. The van der Waals surface area contributed by atoms with Gasteiger partial charge >= 0.3 is 0 Å². The minimum Gasteiger partial charge on any atom is -0.357 e. The van der Waals surface area contributed by atoms with Crippen molar-refractivity contribution in [1.82, 2.24) is 9.88 Å². The maximum Gasteiger partial charge on any atom is 0.128 e. The van der Waals surface area contributed by atoms with Gasteiger partial charge in [0, 0.05) is 32.4 Å². The zero-order valence-electron chi connectivity index (χ0n) is 13.0. The average Bonchev–Trinajstić information content (AvgIpc) is 2.47. The second kappa shape index (κ2) is 7.04. The Labute approximate surface area is 123 Å². The van der Waals surface area contributed by atoms with Crippen molar-refractivity contribution < 1.29 is 0 Å². The smallest absolute Gasteiger partial charge is 0.128 e. The van der Waals surface area contributed by atoms with Gasteiger partial charge in [0.2, 0.25) is 0 Å². The standard InChI is InChI=1S/C16H28N4/c1-13(2)19(3)16-7-6-15(10-18-16)12-20-8-4-5-14(9-17)11-20/h6-7,10,13-14H,4-5,8-9,11-12,17H2,1-3H3. The van der Waals surface area contributed by atoms with Crippen LogP contribution in [0.3, 0.4) is 0 Å². The van der Waals surface area contributed by atoms with Gasteiger partial charge in [-0.05, 0) is 57.3 Å². The van der Waals surface area contributed by atoms with E-state index in [0.717, 1.165) is 25.5 Å². The Morgan fingerprint density at radius 3 is 2.85 bits per heavy atom. The van der Waals surface area contributed by atoms with E-state index in [-0.39, 0.29) is 0 Å². The zero-order valence-corrected chi connectivity index (χ0v) is 13.0. The van der Waals surface area contributed by atoms with E-state index in [9.17, 15) is 0 Å². The fourth-order valence-electron chi connectivity index (χ4n) is 2.73. The van der Waals surface area contributed by atoms with Crippen LogP contribution in [0.25, 0.3) is 0 Å². The normalized spacial score (nSPS) is 20.4. The minimum atomic E-state index is 0.473. The van der Waals surface area contributed by atoms with Crippen LogP contribution in [-0.4, -0.2) is 42.6 Å². The number of likely N-dealkylation sites (tertiary alicyclic amines) is 1. The Morgan fingerprint density at radius 1 is 1.45 bits per heavy atom. The summed E-state index contributed by atoms with van der Waals surface area (Å²) in [5, 5.41) is 0. The molecule has 1 aromatic rings. The number of anilines is 1. The first kappa shape index (κ1) is 15.3. The largest absolute Gasteiger partial charge is 0.357 e. The molecule has 1 aliphatic rings. The van der Waals surface area contributed by atoms with Crippen LogP contribution in [0, 0.1) is 5.92 Å². The molecule has 0 aromatic carbocycles. The molecule has 0 aliphatic carbocycles. The predicted octanol–water partition coefficient (Wildman–Crippen LogP) is 2.10. The molecule has 4 nitrogen and oxygen atoms in total. The van der Waals surface area contributed by atoms with Crippen molar-refractivity contribution in [3.8, 4) is 0 Å². The molecule has 112 valence electrons. The highest BCUT2D eigenvalue weighted by Gasteiger charge is 2.18. The van der Waals surface area contributed by atoms with Crippen molar-refractivity contribution >= 4 is 5.82 Å². The molecule has 1 aromatic heterocycles. The lowest BCUT2D eigenvalue weighted by Gasteiger charge is -2.32. The summed E-state index contributed by atoms with van der Waals surface area (Å²) in [4.78, 5) is 9.27. The lowest BCUT2D eigenvalue weighted by atomic mass is 9.98. The minimum absolute atomic E-state index is 0.473. The molecule has 1 unspecified atom stereocenters. The highest BCUT2D eigenvalue weighted by molar-refractivity contribution is 5.39. The number of pyridine rings is 1. The van der Waals surface area contributed by atoms with Crippen molar-refractivity contribution in [2.45, 2.75) is 39.3 Å². The number of hydrogen-bond donors (Lipinski definition) is 1. The van der Waals surface area contributed by atoms with Gasteiger partial charge in [0.25, 0.3) is 0 Å². The monoisotopic (exact) mass is 276 g/mol. The summed E-state index contributed by atoms with van der Waals surface area (Å²) in [5.74, 6) is 1.71. The van der Waals surface area contributed by atoms with E-state index >= 15 is 0 Å². The molecule has 2 N–H and O–H groups in total. The third-order valence-electron chi connectivity index (χ3n) is 4.29. The SMILES string of the molecule is CC(C)N(C)c1ccc(CN2CCCC(CN)C2)cn1. The Kier molecular flexibility index (Phi) is 5.38. The van der Waals surface area contributed by atoms with Crippen LogP contribution in [-0.2, 0) is 6.54 Å². The van der Waals surface area contributed by atoms with Crippen molar-refractivity contribution in [2.75, 3.05) is 31.6 Å². The fourth-order valence-corrected chi connectivity index (χ4v) is 2.73. The van der Waals surface area contributed by atoms with Gasteiger partial charge in [-0.3, -0.25) is 4.90 Å². The van der Waals surface area contributed by atoms with Crippen LogP contribution in [0.2, 0.25) is 0 Å². The summed E-state index contributed by atoms with van der Waals surface area (Å²) >= 11 is 0. The van der Waals surface area contributed by atoms with E-state index < -0.39 is 0 Å². The maximum atomic E-state index is 5.80. The second-order valence-electron chi connectivity index (χ2n) is 6.21. The summed E-state index contributed by atoms with van der Waals surface area (Å²) in [7, 11) is 2.09. The van der Waals surface area contributed by atoms with E-state index in [1.54, 1.807) is 0 Å². The van der Waals surface area contributed by atoms with E-state index in [1.165, 1.54) is 24.9 Å². The molecule has 0 amide bonds. The number of piperidine rings is 1. The van der Waals surface area contributed by atoms with Gasteiger partial charge in [0.1, 0.15) is 5.82 Å². The first-order valence-corrected chi connectivity index (χ1v) is 7.70. The van der Waals surface area contributed by atoms with Gasteiger partial charge in [-0.15, -0.1) is 0 Å². The highest BCUT2D eigenvalue weighted by Crippen LogP contribution is 2.18. The van der Waals surface area contributed by atoms with Crippen LogP contribution in [0.1, 0.15) is 32.3 Å². The molecule has 20 heavy (non-hydrogen) atoms. The van der Waals surface area contributed by atoms with Crippen LogP contribution in [0.4, 0.5) is 5.82 Å². The van der Waals surface area contributed by atoms with Gasteiger partial charge in [-0.2, -0.15) is 0 Å². The van der Waals surface area contributed by atoms with Crippen LogP contribution in [0.5, 0.6) is 0 Å². The number of hydrogen-bond acceptors (Lipinski definition) is 4.